The standard InChI is InChI=1S/C14H13ClF2N4O2/c15-12-9(17)3-2-8(16)11(12)14(22)18-5-7-1-4-10(23-7)13-19-6-20-21-13/h2-3,6-7,10H,1,4-5H2,(H,18,22)(H,19,20,21)/t7-,10+/m1/s1. The average Bonchev–Trinajstić information content (AvgIpc) is 3.20. The summed E-state index contributed by atoms with van der Waals surface area (Å²) in [6, 6.07) is 1.73. The van der Waals surface area contributed by atoms with E-state index in [1.54, 1.807) is 0 Å². The quantitative estimate of drug-likeness (QED) is 0.836. The molecule has 6 nitrogen and oxygen atoms in total. The lowest BCUT2D eigenvalue weighted by atomic mass is 10.1. The number of carbonyl (C=O) groups is 1. The zero-order chi connectivity index (χ0) is 16.4. The number of rotatable bonds is 4. The fourth-order valence-corrected chi connectivity index (χ4v) is 2.70. The predicted molar refractivity (Wildman–Crippen MR) is 76.9 cm³/mol. The first-order valence-corrected chi connectivity index (χ1v) is 7.36. The van der Waals surface area contributed by atoms with Gasteiger partial charge < -0.3 is 10.1 Å². The van der Waals surface area contributed by atoms with E-state index in [0.717, 1.165) is 18.6 Å². The Morgan fingerprint density at radius 3 is 2.91 bits per heavy atom. The summed E-state index contributed by atoms with van der Waals surface area (Å²) in [4.78, 5) is 16.0. The number of benzene rings is 1. The van der Waals surface area contributed by atoms with Crippen LogP contribution in [0, 0.1) is 11.6 Å². The number of carbonyl (C=O) groups excluding carboxylic acids is 1. The maximum absolute atomic E-state index is 13.7. The summed E-state index contributed by atoms with van der Waals surface area (Å²) >= 11 is 5.65. The van der Waals surface area contributed by atoms with Crippen LogP contribution in [0.1, 0.15) is 35.1 Å². The summed E-state index contributed by atoms with van der Waals surface area (Å²) in [5, 5.41) is 8.47. The monoisotopic (exact) mass is 342 g/mol. The number of ether oxygens (including phenoxy) is 1. The molecule has 0 aliphatic carbocycles. The third kappa shape index (κ3) is 3.32. The van der Waals surface area contributed by atoms with E-state index >= 15 is 0 Å². The van der Waals surface area contributed by atoms with Crippen LogP contribution in [0.4, 0.5) is 8.78 Å². The zero-order valence-electron chi connectivity index (χ0n) is 11.9. The maximum Gasteiger partial charge on any atom is 0.255 e. The van der Waals surface area contributed by atoms with Gasteiger partial charge in [0.25, 0.3) is 5.91 Å². The zero-order valence-corrected chi connectivity index (χ0v) is 12.6. The molecule has 1 aromatic heterocycles. The molecular formula is C14H13ClF2N4O2. The molecule has 2 heterocycles. The molecule has 1 amide bonds. The lowest BCUT2D eigenvalue weighted by molar-refractivity contribution is 0.0392. The minimum atomic E-state index is -0.874. The normalized spacial score (nSPS) is 20.7. The van der Waals surface area contributed by atoms with E-state index in [2.05, 4.69) is 20.5 Å². The first kappa shape index (κ1) is 15.8. The highest BCUT2D eigenvalue weighted by atomic mass is 35.5. The predicted octanol–water partition coefficient (Wildman–Crippen LogP) is 2.39. The number of hydrogen-bond acceptors (Lipinski definition) is 4. The van der Waals surface area contributed by atoms with Crippen molar-refractivity contribution in [3.63, 3.8) is 0 Å². The van der Waals surface area contributed by atoms with E-state index in [4.69, 9.17) is 16.3 Å². The number of nitrogens with zero attached hydrogens (tertiary/aromatic N) is 2. The highest BCUT2D eigenvalue weighted by molar-refractivity contribution is 6.34. The second kappa shape index (κ2) is 6.59. The van der Waals surface area contributed by atoms with E-state index in [0.29, 0.717) is 12.2 Å². The van der Waals surface area contributed by atoms with Gasteiger partial charge in [0.1, 0.15) is 24.1 Å². The highest BCUT2D eigenvalue weighted by Crippen LogP contribution is 2.30. The van der Waals surface area contributed by atoms with Crippen LogP contribution in [-0.4, -0.2) is 33.7 Å². The van der Waals surface area contributed by atoms with E-state index in [9.17, 15) is 13.6 Å². The second-order valence-electron chi connectivity index (χ2n) is 5.12. The molecule has 1 aromatic carbocycles. The largest absolute Gasteiger partial charge is 0.365 e. The van der Waals surface area contributed by atoms with Crippen molar-refractivity contribution in [1.29, 1.82) is 0 Å². The molecular weight excluding hydrogens is 330 g/mol. The van der Waals surface area contributed by atoms with Crippen LogP contribution < -0.4 is 5.32 Å². The molecule has 0 bridgehead atoms. The van der Waals surface area contributed by atoms with Crippen LogP contribution in [0.2, 0.25) is 5.02 Å². The van der Waals surface area contributed by atoms with Gasteiger partial charge in [-0.2, -0.15) is 5.10 Å². The van der Waals surface area contributed by atoms with Gasteiger partial charge >= 0.3 is 0 Å². The fraction of sp³-hybridized carbons (Fsp3) is 0.357. The molecule has 3 rings (SSSR count). The van der Waals surface area contributed by atoms with Crippen molar-refractivity contribution in [1.82, 2.24) is 20.5 Å². The summed E-state index contributed by atoms with van der Waals surface area (Å²) in [6.45, 7) is 0.162. The Kier molecular flexibility index (Phi) is 4.53. The van der Waals surface area contributed by atoms with Crippen molar-refractivity contribution in [2.75, 3.05) is 6.54 Å². The molecule has 122 valence electrons. The SMILES string of the molecule is O=C(NC[C@H]1CC[C@@H](c2ncn[nH]2)O1)c1c(F)ccc(F)c1Cl. The molecule has 0 saturated carbocycles. The fourth-order valence-electron chi connectivity index (χ4n) is 2.46. The first-order chi connectivity index (χ1) is 11.1. The van der Waals surface area contributed by atoms with Crippen LogP contribution in [0.25, 0.3) is 0 Å². The number of amides is 1. The molecule has 1 saturated heterocycles. The van der Waals surface area contributed by atoms with Gasteiger partial charge in [-0.15, -0.1) is 0 Å². The molecule has 2 atom stereocenters. The Morgan fingerprint density at radius 1 is 1.39 bits per heavy atom. The molecule has 1 aliphatic rings. The summed E-state index contributed by atoms with van der Waals surface area (Å²) in [7, 11) is 0. The summed E-state index contributed by atoms with van der Waals surface area (Å²) in [5.41, 5.74) is -0.503. The lowest BCUT2D eigenvalue weighted by Gasteiger charge is -2.14. The molecule has 0 spiro atoms. The Hall–Kier alpha value is -2.06. The van der Waals surface area contributed by atoms with Crippen molar-refractivity contribution in [3.8, 4) is 0 Å². The van der Waals surface area contributed by atoms with Gasteiger partial charge in [-0.3, -0.25) is 9.89 Å². The molecule has 2 N–H and O–H groups in total. The van der Waals surface area contributed by atoms with Crippen LogP contribution in [-0.2, 0) is 4.74 Å². The molecule has 0 radical (unpaired) electrons. The Morgan fingerprint density at radius 2 is 2.17 bits per heavy atom. The molecule has 2 aromatic rings. The number of H-pyrrole nitrogens is 1. The van der Waals surface area contributed by atoms with E-state index < -0.39 is 28.1 Å². The van der Waals surface area contributed by atoms with Crippen LogP contribution in [0.5, 0.6) is 0 Å². The Balaban J connectivity index is 1.59. The number of aromatic amines is 1. The molecule has 23 heavy (non-hydrogen) atoms. The minimum absolute atomic E-state index is 0.162. The molecule has 1 fully saturated rings. The Labute approximate surface area is 135 Å². The lowest BCUT2D eigenvalue weighted by Crippen LogP contribution is -2.32. The van der Waals surface area contributed by atoms with Crippen molar-refractivity contribution >= 4 is 17.5 Å². The number of aromatic nitrogens is 3. The average molecular weight is 343 g/mol. The van der Waals surface area contributed by atoms with Gasteiger partial charge in [0.2, 0.25) is 0 Å². The van der Waals surface area contributed by atoms with Gasteiger partial charge in [0.05, 0.1) is 16.7 Å². The topological polar surface area (TPSA) is 79.9 Å². The first-order valence-electron chi connectivity index (χ1n) is 6.98. The summed E-state index contributed by atoms with van der Waals surface area (Å²) in [6.07, 6.45) is 2.36. The van der Waals surface area contributed by atoms with Gasteiger partial charge in [-0.1, -0.05) is 11.6 Å². The number of halogens is 3. The molecule has 9 heteroatoms. The van der Waals surface area contributed by atoms with Crippen molar-refractivity contribution in [2.45, 2.75) is 25.0 Å². The van der Waals surface area contributed by atoms with E-state index in [-0.39, 0.29) is 18.8 Å². The van der Waals surface area contributed by atoms with Gasteiger partial charge in [0.15, 0.2) is 5.82 Å². The second-order valence-corrected chi connectivity index (χ2v) is 5.50. The van der Waals surface area contributed by atoms with Crippen molar-refractivity contribution < 1.29 is 18.3 Å². The molecule has 1 aliphatic heterocycles. The van der Waals surface area contributed by atoms with Crippen LogP contribution in [0.15, 0.2) is 18.5 Å². The third-order valence-electron chi connectivity index (χ3n) is 3.61. The third-order valence-corrected chi connectivity index (χ3v) is 3.98. The van der Waals surface area contributed by atoms with Gasteiger partial charge in [0, 0.05) is 6.54 Å². The highest BCUT2D eigenvalue weighted by Gasteiger charge is 2.29. The number of nitrogens with one attached hydrogen (secondary N) is 2. The van der Waals surface area contributed by atoms with E-state index in [1.807, 2.05) is 0 Å². The summed E-state index contributed by atoms with van der Waals surface area (Å²) < 4.78 is 32.7. The minimum Gasteiger partial charge on any atom is -0.365 e. The van der Waals surface area contributed by atoms with E-state index in [1.165, 1.54) is 6.33 Å². The summed E-state index contributed by atoms with van der Waals surface area (Å²) in [5.74, 6) is -1.88. The number of hydrogen-bond donors (Lipinski definition) is 2. The van der Waals surface area contributed by atoms with Crippen molar-refractivity contribution in [2.24, 2.45) is 0 Å². The smallest absolute Gasteiger partial charge is 0.255 e. The molecule has 0 unspecified atom stereocenters. The van der Waals surface area contributed by atoms with Crippen LogP contribution >= 0.6 is 11.6 Å². The van der Waals surface area contributed by atoms with Crippen molar-refractivity contribution in [3.05, 3.63) is 46.5 Å². The van der Waals surface area contributed by atoms with Gasteiger partial charge in [-0.25, -0.2) is 13.8 Å². The van der Waals surface area contributed by atoms with Gasteiger partial charge in [-0.05, 0) is 25.0 Å². The Bertz CT molecular complexity index is 711. The van der Waals surface area contributed by atoms with Crippen LogP contribution in [0.3, 0.4) is 0 Å². The maximum atomic E-state index is 13.7.